The van der Waals surface area contributed by atoms with Crippen molar-refractivity contribution >= 4 is 25.7 Å². The Morgan fingerprint density at radius 2 is 1.80 bits per heavy atom. The molecule has 1 aromatic rings. The van der Waals surface area contributed by atoms with E-state index in [1.165, 1.54) is 24.3 Å². The minimum Gasteiger partial charge on any atom is -0.330 e. The Kier molecular flexibility index (Phi) is 6.84. The predicted octanol–water partition coefficient (Wildman–Crippen LogP) is 1.63. The van der Waals surface area contributed by atoms with Crippen LogP contribution in [0.3, 0.4) is 0 Å². The van der Waals surface area contributed by atoms with E-state index < -0.39 is 20.0 Å². The fraction of sp³-hybridized carbons (Fsp3) is 0.625. The highest BCUT2D eigenvalue weighted by Gasteiger charge is 2.30. The number of anilines is 1. The van der Waals surface area contributed by atoms with Crippen LogP contribution in [0.25, 0.3) is 0 Å². The quantitative estimate of drug-likeness (QED) is 0.593. The summed E-state index contributed by atoms with van der Waals surface area (Å²) in [4.78, 5) is 0.117. The van der Waals surface area contributed by atoms with Crippen LogP contribution >= 0.6 is 0 Å². The first-order valence-corrected chi connectivity index (χ1v) is 11.7. The second-order valence-electron chi connectivity index (χ2n) is 6.45. The number of hydrogen-bond acceptors (Lipinski definition) is 5. The zero-order chi connectivity index (χ0) is 18.5. The van der Waals surface area contributed by atoms with Gasteiger partial charge in [-0.2, -0.15) is 0 Å². The second kappa shape index (κ2) is 8.48. The molecule has 0 radical (unpaired) electrons. The van der Waals surface area contributed by atoms with Crippen LogP contribution < -0.4 is 15.2 Å². The van der Waals surface area contributed by atoms with E-state index in [0.717, 1.165) is 25.7 Å². The van der Waals surface area contributed by atoms with Gasteiger partial charge in [-0.15, -0.1) is 0 Å². The molecule has 0 aliphatic heterocycles. The van der Waals surface area contributed by atoms with Crippen molar-refractivity contribution in [3.8, 4) is 0 Å². The molecule has 1 aliphatic carbocycles. The van der Waals surface area contributed by atoms with Gasteiger partial charge in [0.1, 0.15) is 0 Å². The third-order valence-electron chi connectivity index (χ3n) is 4.47. The maximum atomic E-state index is 12.5. The molecule has 2 rings (SSSR count). The molecule has 7 nitrogen and oxygen atoms in total. The average molecular weight is 390 g/mol. The van der Waals surface area contributed by atoms with Gasteiger partial charge in [-0.05, 0) is 56.0 Å². The molecule has 1 aliphatic rings. The Morgan fingerprint density at radius 3 is 2.40 bits per heavy atom. The van der Waals surface area contributed by atoms with Crippen LogP contribution in [0.15, 0.2) is 29.2 Å². The van der Waals surface area contributed by atoms with Gasteiger partial charge in [0.15, 0.2) is 0 Å². The van der Waals surface area contributed by atoms with E-state index in [0.29, 0.717) is 18.7 Å². The van der Waals surface area contributed by atoms with E-state index in [1.54, 1.807) is 0 Å². The van der Waals surface area contributed by atoms with Gasteiger partial charge < -0.3 is 5.73 Å². The Morgan fingerprint density at radius 1 is 1.12 bits per heavy atom. The fourth-order valence-electron chi connectivity index (χ4n) is 3.01. The molecule has 1 fully saturated rings. The molecule has 4 N–H and O–H groups in total. The summed E-state index contributed by atoms with van der Waals surface area (Å²) in [5.74, 6) is 0.215. The summed E-state index contributed by atoms with van der Waals surface area (Å²) in [6, 6.07) is 5.61. The molecule has 2 atom stereocenters. The van der Waals surface area contributed by atoms with Crippen LogP contribution in [0, 0.1) is 5.92 Å². The van der Waals surface area contributed by atoms with Gasteiger partial charge in [0.2, 0.25) is 20.0 Å². The van der Waals surface area contributed by atoms with Crippen molar-refractivity contribution < 1.29 is 16.8 Å². The van der Waals surface area contributed by atoms with E-state index >= 15 is 0 Å². The minimum atomic E-state index is -3.64. The molecule has 0 amide bonds. The van der Waals surface area contributed by atoms with Gasteiger partial charge in [-0.3, -0.25) is 4.72 Å². The Bertz CT molecular complexity index is 761. The summed E-state index contributed by atoms with van der Waals surface area (Å²) >= 11 is 0. The molecule has 0 spiro atoms. The minimum absolute atomic E-state index is 0.0489. The van der Waals surface area contributed by atoms with Crippen molar-refractivity contribution in [2.24, 2.45) is 11.7 Å². The van der Waals surface area contributed by atoms with Crippen molar-refractivity contribution in [2.45, 2.75) is 50.0 Å². The van der Waals surface area contributed by atoms with E-state index in [1.807, 2.05) is 6.92 Å². The summed E-state index contributed by atoms with van der Waals surface area (Å²) in [7, 11) is -7.05. The number of hydrogen-bond donors (Lipinski definition) is 3. The summed E-state index contributed by atoms with van der Waals surface area (Å²) in [5.41, 5.74) is 6.05. The van der Waals surface area contributed by atoms with E-state index in [4.69, 9.17) is 5.73 Å². The van der Waals surface area contributed by atoms with Gasteiger partial charge in [0, 0.05) is 11.7 Å². The van der Waals surface area contributed by atoms with Crippen LogP contribution in [-0.2, 0) is 20.0 Å². The zero-order valence-corrected chi connectivity index (χ0v) is 16.1. The molecular weight excluding hydrogens is 362 g/mol. The Balaban J connectivity index is 2.05. The highest BCUT2D eigenvalue weighted by molar-refractivity contribution is 7.92. The molecular formula is C16H27N3O4S2. The molecule has 0 heterocycles. The molecule has 2 unspecified atom stereocenters. The van der Waals surface area contributed by atoms with E-state index in [2.05, 4.69) is 9.44 Å². The zero-order valence-electron chi connectivity index (χ0n) is 14.4. The number of benzene rings is 1. The largest absolute Gasteiger partial charge is 0.330 e. The average Bonchev–Trinajstić information content (AvgIpc) is 2.99. The van der Waals surface area contributed by atoms with Gasteiger partial charge in [-0.1, -0.05) is 19.8 Å². The molecule has 1 aromatic carbocycles. The molecule has 25 heavy (non-hydrogen) atoms. The number of nitrogens with one attached hydrogen (secondary N) is 2. The van der Waals surface area contributed by atoms with E-state index in [9.17, 15) is 16.8 Å². The molecule has 0 bridgehead atoms. The normalized spacial score (nSPS) is 21.4. The van der Waals surface area contributed by atoms with Gasteiger partial charge in [0.25, 0.3) is 0 Å². The highest BCUT2D eigenvalue weighted by Crippen LogP contribution is 2.26. The van der Waals surface area contributed by atoms with Crippen molar-refractivity contribution in [3.63, 3.8) is 0 Å². The second-order valence-corrected chi connectivity index (χ2v) is 10.0. The fourth-order valence-corrected chi connectivity index (χ4v) is 5.61. The number of rotatable bonds is 9. The maximum absolute atomic E-state index is 12.5. The van der Waals surface area contributed by atoms with Crippen molar-refractivity contribution in [2.75, 3.05) is 17.0 Å². The van der Waals surface area contributed by atoms with Gasteiger partial charge in [-0.25, -0.2) is 21.6 Å². The van der Waals surface area contributed by atoms with Crippen LogP contribution in [-0.4, -0.2) is 35.2 Å². The summed E-state index contributed by atoms with van der Waals surface area (Å²) in [6.45, 7) is 2.38. The Hall–Kier alpha value is -1.16. The number of sulfonamides is 2. The lowest BCUT2D eigenvalue weighted by Gasteiger charge is -2.19. The van der Waals surface area contributed by atoms with Gasteiger partial charge >= 0.3 is 0 Å². The lowest BCUT2D eigenvalue weighted by Crippen LogP contribution is -2.39. The van der Waals surface area contributed by atoms with E-state index in [-0.39, 0.29) is 22.6 Å². The van der Waals surface area contributed by atoms with Gasteiger partial charge in [0.05, 0.1) is 10.6 Å². The third kappa shape index (κ3) is 5.67. The van der Waals surface area contributed by atoms with Crippen LogP contribution in [0.4, 0.5) is 5.69 Å². The number of nitrogens with two attached hydrogens (primary N) is 1. The predicted molar refractivity (Wildman–Crippen MR) is 99.3 cm³/mol. The van der Waals surface area contributed by atoms with Crippen molar-refractivity contribution in [1.82, 2.24) is 4.72 Å². The van der Waals surface area contributed by atoms with Crippen molar-refractivity contribution in [3.05, 3.63) is 24.3 Å². The summed E-state index contributed by atoms with van der Waals surface area (Å²) in [6.07, 6.45) is 4.05. The molecule has 1 saturated carbocycles. The third-order valence-corrected chi connectivity index (χ3v) is 7.35. The monoisotopic (exact) mass is 389 g/mol. The molecule has 0 saturated heterocycles. The van der Waals surface area contributed by atoms with Crippen LogP contribution in [0.1, 0.15) is 39.0 Å². The standard InChI is InChI=1S/C16H27N3O4S2/c1-2-3-11-24(20,21)18-14-7-9-15(10-8-14)25(22,23)19-16-6-4-5-13(16)12-17/h7-10,13,16,18-19H,2-6,11-12,17H2,1H3. The maximum Gasteiger partial charge on any atom is 0.240 e. The molecule has 0 aromatic heterocycles. The SMILES string of the molecule is CCCCS(=O)(=O)Nc1ccc(S(=O)(=O)NC2CCCC2CN)cc1. The first-order chi connectivity index (χ1) is 11.8. The summed E-state index contributed by atoms with van der Waals surface area (Å²) in [5, 5.41) is 0. The first kappa shape index (κ1) is 20.2. The molecule has 9 heteroatoms. The number of unbranched alkanes of at least 4 members (excludes halogenated alkanes) is 1. The first-order valence-electron chi connectivity index (χ1n) is 8.60. The Labute approximate surface area is 150 Å². The lowest BCUT2D eigenvalue weighted by atomic mass is 10.1. The van der Waals surface area contributed by atoms with Crippen LogP contribution in [0.5, 0.6) is 0 Å². The topological polar surface area (TPSA) is 118 Å². The van der Waals surface area contributed by atoms with Crippen molar-refractivity contribution in [1.29, 1.82) is 0 Å². The highest BCUT2D eigenvalue weighted by atomic mass is 32.2. The summed E-state index contributed by atoms with van der Waals surface area (Å²) < 4.78 is 53.9. The molecule has 142 valence electrons. The lowest BCUT2D eigenvalue weighted by molar-refractivity contribution is 0.453. The van der Waals surface area contributed by atoms with Crippen LogP contribution in [0.2, 0.25) is 0 Å². The smallest absolute Gasteiger partial charge is 0.240 e.